The van der Waals surface area contributed by atoms with Crippen LogP contribution in [0.4, 0.5) is 13.2 Å². The molecule has 3 amide bonds. The molecule has 12 aromatic rings. The number of aromatic nitrogens is 6. The number of hydrogen-bond acceptors (Lipinski definition) is 9. The Kier molecular flexibility index (Phi) is 23.1. The molecule has 0 spiro atoms. The van der Waals surface area contributed by atoms with E-state index in [1.54, 1.807) is 107 Å². The second-order valence-corrected chi connectivity index (χ2v) is 22.1. The first-order chi connectivity index (χ1) is 45.4. The fourth-order valence-electron chi connectivity index (χ4n) is 10.9. The van der Waals surface area contributed by atoms with Crippen molar-refractivity contribution in [1.82, 2.24) is 44.5 Å². The van der Waals surface area contributed by atoms with Gasteiger partial charge in [0.15, 0.2) is 0 Å². The van der Waals surface area contributed by atoms with Gasteiger partial charge in [-0.1, -0.05) is 77.2 Å². The van der Waals surface area contributed by atoms with E-state index < -0.39 is 0 Å². The molecule has 3 heterocycles. The zero-order chi connectivity index (χ0) is 67.0. The standard InChI is InChI=1S/2C25H24FN3O2.C24H22FN3O2.CH3I/c1-4-31-24-14-19(9-10-22(24)18-6-5-7-21(26)13-18)25(30)28(2)16-17-8-11-23-20(12-17)15-27-29(23)3;1-4-31-24-14-19(9-10-22(24)18-6-5-7-21(26)13-18)25(30)28(2)15-17-8-11-23-20(12-17)16-29(3)27-23;1-3-30-23-13-18(8-9-21(23)17-5-4-6-20(25)12-17)24(29)28(2)15-16-7-10-22-19(11-16)14-26-27-22;1-2/h5-15H,4,16H2,1-3H3;5-14,16H,4,15H2,1-3H3;4-14H,3,15H2,1-2H3,(H,26,27);1H3. The van der Waals surface area contributed by atoms with Crippen LogP contribution in [0.15, 0.2) is 201 Å². The topological polar surface area (TPSA) is 153 Å². The Morgan fingerprint density at radius 1 is 0.479 bits per heavy atom. The first kappa shape index (κ1) is 68.1. The molecule has 94 heavy (non-hydrogen) atoms. The lowest BCUT2D eigenvalue weighted by molar-refractivity contribution is 0.0778. The number of carbonyl (C=O) groups excluding carboxylic acids is 3. The smallest absolute Gasteiger partial charge is 0.254 e. The van der Waals surface area contributed by atoms with Gasteiger partial charge in [-0.2, -0.15) is 15.3 Å². The monoisotopic (exact) mass is 1380 g/mol. The molecule has 3 aromatic heterocycles. The van der Waals surface area contributed by atoms with Gasteiger partial charge in [0.1, 0.15) is 34.7 Å². The van der Waals surface area contributed by atoms with Crippen molar-refractivity contribution in [2.45, 2.75) is 40.4 Å². The van der Waals surface area contributed by atoms with Crippen molar-refractivity contribution in [1.29, 1.82) is 0 Å². The number of aromatic amines is 1. The van der Waals surface area contributed by atoms with Gasteiger partial charge in [-0.05, 0) is 186 Å². The number of hydrogen-bond donors (Lipinski definition) is 1. The summed E-state index contributed by atoms with van der Waals surface area (Å²) in [6.45, 7) is 8.38. The van der Waals surface area contributed by atoms with Crippen LogP contribution in [0.3, 0.4) is 0 Å². The van der Waals surface area contributed by atoms with Gasteiger partial charge in [0.25, 0.3) is 17.7 Å². The van der Waals surface area contributed by atoms with Crippen molar-refractivity contribution in [3.05, 3.63) is 251 Å². The summed E-state index contributed by atoms with van der Waals surface area (Å²) < 4.78 is 61.9. The highest BCUT2D eigenvalue weighted by atomic mass is 127. The summed E-state index contributed by atoms with van der Waals surface area (Å²) in [5.41, 5.74) is 11.9. The summed E-state index contributed by atoms with van der Waals surface area (Å²) in [6, 6.07) is 52.9. The van der Waals surface area contributed by atoms with E-state index in [2.05, 4.69) is 43.0 Å². The second kappa shape index (κ2) is 31.8. The predicted molar refractivity (Wildman–Crippen MR) is 374 cm³/mol. The van der Waals surface area contributed by atoms with Crippen LogP contribution in [-0.2, 0) is 33.7 Å². The Balaban J connectivity index is 0.000000164. The van der Waals surface area contributed by atoms with E-state index in [1.165, 1.54) is 36.4 Å². The number of H-pyrrole nitrogens is 1. The lowest BCUT2D eigenvalue weighted by Crippen LogP contribution is -2.26. The summed E-state index contributed by atoms with van der Waals surface area (Å²) in [5, 5.41) is 18.7. The largest absolute Gasteiger partial charge is 0.493 e. The van der Waals surface area contributed by atoms with E-state index in [9.17, 15) is 27.6 Å². The minimum Gasteiger partial charge on any atom is -0.493 e. The van der Waals surface area contributed by atoms with Crippen molar-refractivity contribution >= 4 is 73.0 Å². The van der Waals surface area contributed by atoms with E-state index >= 15 is 0 Å². The quantitative estimate of drug-likeness (QED) is 0.0653. The SMILES string of the molecule is CCOc1cc(C(=O)N(C)Cc2ccc3[nH]ncc3c2)ccc1-c1cccc(F)c1.CCOc1cc(C(=O)N(C)Cc2ccc3c(cnn3C)c2)ccc1-c1cccc(F)c1.CCOc1cc(C(=O)N(C)Cc2ccc3nn(C)cc3c2)ccc1-c1cccc(F)c1.CI. The van der Waals surface area contributed by atoms with Crippen LogP contribution in [0.5, 0.6) is 17.2 Å². The zero-order valence-electron chi connectivity index (χ0n) is 53.8. The summed E-state index contributed by atoms with van der Waals surface area (Å²) in [5.74, 6) is 0.390. The molecule has 0 bridgehead atoms. The predicted octanol–water partition coefficient (Wildman–Crippen LogP) is 16.2. The highest BCUT2D eigenvalue weighted by Crippen LogP contribution is 2.35. The number of alkyl halides is 1. The van der Waals surface area contributed by atoms with E-state index in [0.29, 0.717) is 90.1 Å². The number of fused-ring (bicyclic) bond motifs is 3. The third-order valence-corrected chi connectivity index (χ3v) is 15.3. The third kappa shape index (κ3) is 16.9. The number of nitrogens with zero attached hydrogens (tertiary/aromatic N) is 8. The van der Waals surface area contributed by atoms with Crippen molar-refractivity contribution in [2.24, 2.45) is 14.1 Å². The minimum absolute atomic E-state index is 0.113. The first-order valence-corrected chi connectivity index (χ1v) is 32.6. The van der Waals surface area contributed by atoms with Crippen LogP contribution >= 0.6 is 22.6 Å². The molecule has 0 unspecified atom stereocenters. The van der Waals surface area contributed by atoms with Crippen molar-refractivity contribution in [3.8, 4) is 50.6 Å². The van der Waals surface area contributed by atoms with E-state index in [0.717, 1.165) is 66.1 Å². The van der Waals surface area contributed by atoms with Gasteiger partial charge in [-0.25, -0.2) is 13.2 Å². The van der Waals surface area contributed by atoms with Crippen LogP contribution in [0.25, 0.3) is 66.1 Å². The Morgan fingerprint density at radius 2 is 0.883 bits per heavy atom. The van der Waals surface area contributed by atoms with Gasteiger partial charge in [0.05, 0.1) is 48.8 Å². The molecule has 12 rings (SSSR count). The molecule has 1 N–H and O–H groups in total. The van der Waals surface area contributed by atoms with Crippen molar-refractivity contribution in [3.63, 3.8) is 0 Å². The summed E-state index contributed by atoms with van der Waals surface area (Å²) in [4.78, 5) is 46.1. The highest BCUT2D eigenvalue weighted by molar-refractivity contribution is 14.1. The maximum Gasteiger partial charge on any atom is 0.254 e. The number of nitrogens with one attached hydrogen (secondary N) is 1. The fourth-order valence-corrected chi connectivity index (χ4v) is 10.9. The molecule has 9 aromatic carbocycles. The number of halogens is 4. The van der Waals surface area contributed by atoms with E-state index in [1.807, 2.05) is 142 Å². The van der Waals surface area contributed by atoms with Gasteiger partial charge in [-0.3, -0.25) is 28.8 Å². The molecular weight excluding hydrogens is 1310 g/mol. The zero-order valence-corrected chi connectivity index (χ0v) is 56.0. The molecule has 0 aliphatic carbocycles. The van der Waals surface area contributed by atoms with Gasteiger partial charge in [0.2, 0.25) is 0 Å². The van der Waals surface area contributed by atoms with Gasteiger partial charge < -0.3 is 28.9 Å². The van der Waals surface area contributed by atoms with Crippen LogP contribution in [0, 0.1) is 17.5 Å². The average Bonchev–Trinajstić information content (AvgIpc) is 0.937. The molecule has 0 aliphatic heterocycles. The summed E-state index contributed by atoms with van der Waals surface area (Å²) in [6.07, 6.45) is 5.54. The molecule has 0 radical (unpaired) electrons. The van der Waals surface area contributed by atoms with Gasteiger partial charge >= 0.3 is 0 Å². The lowest BCUT2D eigenvalue weighted by Gasteiger charge is -2.19. The highest BCUT2D eigenvalue weighted by Gasteiger charge is 2.21. The molecular formula is C75H73F3IN9O6. The normalized spacial score (nSPS) is 10.8. The molecule has 0 atom stereocenters. The van der Waals surface area contributed by atoms with Crippen molar-refractivity contribution < 1.29 is 41.8 Å². The fraction of sp³-hybridized carbons (Fsp3) is 0.200. The number of aryl methyl sites for hydroxylation is 2. The average molecular weight is 1380 g/mol. The summed E-state index contributed by atoms with van der Waals surface area (Å²) in [7, 11) is 9.11. The first-order valence-electron chi connectivity index (χ1n) is 30.4. The number of rotatable bonds is 18. The van der Waals surface area contributed by atoms with E-state index in [4.69, 9.17) is 14.2 Å². The Hall–Kier alpha value is -10.3. The molecule has 0 saturated carbocycles. The van der Waals surface area contributed by atoms with Gasteiger partial charge in [-0.15, -0.1) is 0 Å². The number of amides is 3. The van der Waals surface area contributed by atoms with Crippen LogP contribution in [0.2, 0.25) is 0 Å². The number of benzene rings is 9. The van der Waals surface area contributed by atoms with Crippen LogP contribution in [-0.4, -0.2) is 108 Å². The summed E-state index contributed by atoms with van der Waals surface area (Å²) >= 11 is 2.15. The molecule has 15 nitrogen and oxygen atoms in total. The van der Waals surface area contributed by atoms with Gasteiger partial charge in [0, 0.05) is 111 Å². The van der Waals surface area contributed by atoms with Crippen LogP contribution in [0.1, 0.15) is 68.5 Å². The minimum atomic E-state index is -0.315. The van der Waals surface area contributed by atoms with Crippen LogP contribution < -0.4 is 14.2 Å². The Bertz CT molecular complexity index is 4500. The number of ether oxygens (including phenoxy) is 3. The maximum absolute atomic E-state index is 13.7. The maximum atomic E-state index is 13.7. The molecule has 0 saturated heterocycles. The third-order valence-electron chi connectivity index (χ3n) is 15.3. The Labute approximate surface area is 558 Å². The van der Waals surface area contributed by atoms with E-state index in [-0.39, 0.29) is 35.2 Å². The molecule has 0 aliphatic rings. The second-order valence-electron chi connectivity index (χ2n) is 22.1. The number of carbonyl (C=O) groups is 3. The Morgan fingerprint density at radius 3 is 1.31 bits per heavy atom. The molecule has 482 valence electrons. The molecule has 19 heteroatoms. The molecule has 0 fully saturated rings. The van der Waals surface area contributed by atoms with Crippen molar-refractivity contribution in [2.75, 3.05) is 45.9 Å². The lowest BCUT2D eigenvalue weighted by atomic mass is 10.0.